The molecule has 3 heterocycles. The van der Waals surface area contributed by atoms with Crippen LogP contribution in [0.1, 0.15) is 57.9 Å². The monoisotopic (exact) mass is 586 g/mol. The van der Waals surface area contributed by atoms with Crippen LogP contribution in [0.25, 0.3) is 0 Å². The lowest BCUT2D eigenvalue weighted by molar-refractivity contribution is -0.161. The second-order valence-electron chi connectivity index (χ2n) is 11.8. The Bertz CT molecular complexity index is 1170. The fourth-order valence-electron chi connectivity index (χ4n) is 7.23. The van der Waals surface area contributed by atoms with Gasteiger partial charge in [0.05, 0.1) is 28.8 Å². The van der Waals surface area contributed by atoms with Gasteiger partial charge in [-0.3, -0.25) is 14.4 Å². The summed E-state index contributed by atoms with van der Waals surface area (Å²) in [5.74, 6) is -2.76. The van der Waals surface area contributed by atoms with E-state index in [2.05, 4.69) is 13.2 Å². The number of fused-ring (bicyclic) bond motifs is 1. The lowest BCUT2D eigenvalue weighted by Gasteiger charge is -2.37. The fraction of sp³-hybridized carbons (Fsp3) is 0.594. The summed E-state index contributed by atoms with van der Waals surface area (Å²) >= 11 is 6.64. The van der Waals surface area contributed by atoms with E-state index in [1.807, 2.05) is 32.9 Å². The van der Waals surface area contributed by atoms with Gasteiger partial charge in [-0.25, -0.2) is 0 Å². The summed E-state index contributed by atoms with van der Waals surface area (Å²) in [6, 6.07) is 4.52. The van der Waals surface area contributed by atoms with Crippen molar-refractivity contribution >= 4 is 35.1 Å². The maximum atomic E-state index is 14.7. The SMILES string of the molecule is C=CCCOC(=O)[C@H]1[C@H]2C(=O)N(CCCCCCO)C(C(=O)N(CC=C)c3c(C)cccc3Cl)C23CC(C)[C@]1(C)O3. The minimum absolute atomic E-state index is 0.0850. The van der Waals surface area contributed by atoms with Crippen LogP contribution in [0.3, 0.4) is 0 Å². The molecule has 0 radical (unpaired) electrons. The third-order valence-corrected chi connectivity index (χ3v) is 9.52. The molecule has 3 saturated heterocycles. The van der Waals surface area contributed by atoms with Crippen molar-refractivity contribution in [2.45, 2.75) is 76.5 Å². The second kappa shape index (κ2) is 12.7. The molecular weight excluding hydrogens is 544 g/mol. The van der Waals surface area contributed by atoms with Gasteiger partial charge < -0.3 is 24.4 Å². The van der Waals surface area contributed by atoms with Gasteiger partial charge in [0.25, 0.3) is 5.91 Å². The van der Waals surface area contributed by atoms with E-state index in [4.69, 9.17) is 21.1 Å². The number of para-hydroxylation sites is 1. The average molecular weight is 587 g/mol. The summed E-state index contributed by atoms with van der Waals surface area (Å²) in [6.45, 7) is 14.2. The zero-order valence-corrected chi connectivity index (χ0v) is 25.2. The van der Waals surface area contributed by atoms with E-state index in [9.17, 15) is 19.5 Å². The molecule has 6 atom stereocenters. The Kier molecular flexibility index (Phi) is 9.66. The molecule has 3 aliphatic heterocycles. The third-order valence-electron chi connectivity index (χ3n) is 9.21. The number of aliphatic hydroxyl groups is 1. The molecule has 1 spiro atoms. The lowest BCUT2D eigenvalue weighted by Crippen LogP contribution is -2.57. The van der Waals surface area contributed by atoms with E-state index in [1.165, 1.54) is 0 Å². The van der Waals surface area contributed by atoms with Crippen LogP contribution < -0.4 is 4.90 Å². The van der Waals surface area contributed by atoms with Crippen molar-refractivity contribution in [3.05, 3.63) is 54.1 Å². The largest absolute Gasteiger partial charge is 0.465 e. The number of halogens is 1. The highest BCUT2D eigenvalue weighted by molar-refractivity contribution is 6.34. The Balaban J connectivity index is 1.78. The molecule has 2 bridgehead atoms. The van der Waals surface area contributed by atoms with Crippen LogP contribution in [-0.4, -0.2) is 71.3 Å². The predicted molar refractivity (Wildman–Crippen MR) is 159 cm³/mol. The molecule has 3 aliphatic rings. The van der Waals surface area contributed by atoms with Crippen LogP contribution in [0.2, 0.25) is 5.02 Å². The van der Waals surface area contributed by atoms with Crippen LogP contribution in [0.4, 0.5) is 5.69 Å². The van der Waals surface area contributed by atoms with E-state index in [0.717, 1.165) is 18.4 Å². The van der Waals surface area contributed by atoms with Gasteiger partial charge in [-0.2, -0.15) is 0 Å². The molecule has 0 aromatic heterocycles. The number of aryl methyl sites for hydroxylation is 1. The van der Waals surface area contributed by atoms with Crippen LogP contribution in [0.15, 0.2) is 43.5 Å². The number of unbranched alkanes of at least 4 members (excludes halogenated alkanes) is 3. The smallest absolute Gasteiger partial charge is 0.312 e. The number of nitrogens with zero attached hydrogens (tertiary/aromatic N) is 2. The highest BCUT2D eigenvalue weighted by Crippen LogP contribution is 2.65. The number of hydrogen-bond acceptors (Lipinski definition) is 6. The number of hydrogen-bond donors (Lipinski definition) is 1. The molecule has 2 amide bonds. The number of amides is 2. The summed E-state index contributed by atoms with van der Waals surface area (Å²) < 4.78 is 12.4. The molecule has 1 N–H and O–H groups in total. The summed E-state index contributed by atoms with van der Waals surface area (Å²) in [7, 11) is 0. The van der Waals surface area contributed by atoms with E-state index < -0.39 is 35.0 Å². The Hall–Kier alpha value is -2.68. The normalized spacial score (nSPS) is 29.9. The van der Waals surface area contributed by atoms with Gasteiger partial charge in [-0.05, 0) is 57.1 Å². The van der Waals surface area contributed by atoms with Crippen molar-refractivity contribution in [3.63, 3.8) is 0 Å². The van der Waals surface area contributed by atoms with Gasteiger partial charge in [0, 0.05) is 19.7 Å². The Morgan fingerprint density at radius 2 is 1.98 bits per heavy atom. The van der Waals surface area contributed by atoms with Gasteiger partial charge in [-0.15, -0.1) is 13.2 Å². The third kappa shape index (κ3) is 5.35. The first kappa shape index (κ1) is 31.3. The van der Waals surface area contributed by atoms with Crippen molar-refractivity contribution in [3.8, 4) is 0 Å². The van der Waals surface area contributed by atoms with Crippen molar-refractivity contribution in [1.29, 1.82) is 0 Å². The second-order valence-corrected chi connectivity index (χ2v) is 12.2. The number of carbonyl (C=O) groups excluding carboxylic acids is 3. The average Bonchev–Trinajstić information content (AvgIpc) is 3.44. The van der Waals surface area contributed by atoms with Gasteiger partial charge >= 0.3 is 5.97 Å². The highest BCUT2D eigenvalue weighted by Gasteiger charge is 2.80. The van der Waals surface area contributed by atoms with Crippen LogP contribution in [0, 0.1) is 24.7 Å². The summed E-state index contributed by atoms with van der Waals surface area (Å²) in [4.78, 5) is 45.8. The quantitative estimate of drug-likeness (QED) is 0.190. The van der Waals surface area contributed by atoms with Crippen LogP contribution >= 0.6 is 11.6 Å². The van der Waals surface area contributed by atoms with Crippen molar-refractivity contribution in [2.75, 3.05) is 31.2 Å². The van der Waals surface area contributed by atoms with Crippen molar-refractivity contribution in [1.82, 2.24) is 4.90 Å². The Morgan fingerprint density at radius 1 is 1.24 bits per heavy atom. The molecule has 9 heteroatoms. The summed E-state index contributed by atoms with van der Waals surface area (Å²) in [5, 5.41) is 9.61. The number of benzene rings is 1. The molecule has 4 rings (SSSR count). The number of carbonyl (C=O) groups is 3. The molecule has 41 heavy (non-hydrogen) atoms. The van der Waals surface area contributed by atoms with Gasteiger partial charge in [0.2, 0.25) is 5.91 Å². The maximum Gasteiger partial charge on any atom is 0.312 e. The van der Waals surface area contributed by atoms with E-state index in [-0.39, 0.29) is 37.5 Å². The van der Waals surface area contributed by atoms with Crippen molar-refractivity contribution < 1.29 is 29.0 Å². The van der Waals surface area contributed by atoms with Crippen LogP contribution in [0.5, 0.6) is 0 Å². The molecule has 3 fully saturated rings. The predicted octanol–water partition coefficient (Wildman–Crippen LogP) is 4.85. The summed E-state index contributed by atoms with van der Waals surface area (Å²) in [6.07, 6.45) is 7.24. The molecule has 1 aromatic carbocycles. The first-order valence-corrected chi connectivity index (χ1v) is 15.0. The number of aliphatic hydroxyl groups excluding tert-OH is 1. The Labute approximate surface area is 248 Å². The zero-order chi connectivity index (χ0) is 29.9. The lowest BCUT2D eigenvalue weighted by atomic mass is 9.62. The molecule has 8 nitrogen and oxygen atoms in total. The van der Waals surface area contributed by atoms with E-state index in [0.29, 0.717) is 42.9 Å². The summed E-state index contributed by atoms with van der Waals surface area (Å²) in [5.41, 5.74) is -0.728. The molecule has 1 aromatic rings. The first-order chi connectivity index (χ1) is 19.6. The first-order valence-electron chi connectivity index (χ1n) is 14.7. The van der Waals surface area contributed by atoms with Crippen molar-refractivity contribution in [2.24, 2.45) is 17.8 Å². The molecule has 0 aliphatic carbocycles. The standard InChI is InChI=1S/C32H43ClN2O6/c1-6-8-19-40-30(39)25-24-28(37)35(17-11-9-10-12-18-36)27(32(24)20-22(4)31(25,5)41-32)29(38)34(16-7-2)26-21(3)14-13-15-23(26)33/h6-7,13-15,22,24-25,27,36H,1-2,8-12,16-20H2,3-5H3/t22?,24-,25+,27?,31-,32?/m0/s1. The molecule has 224 valence electrons. The number of anilines is 1. The number of likely N-dealkylation sites (tertiary alicyclic amines) is 1. The minimum Gasteiger partial charge on any atom is -0.465 e. The fourth-order valence-corrected chi connectivity index (χ4v) is 7.55. The Morgan fingerprint density at radius 3 is 2.63 bits per heavy atom. The molecule has 3 unspecified atom stereocenters. The van der Waals surface area contributed by atoms with Crippen LogP contribution in [-0.2, 0) is 23.9 Å². The van der Waals surface area contributed by atoms with E-state index >= 15 is 0 Å². The molecular formula is C32H43ClN2O6. The van der Waals surface area contributed by atoms with Gasteiger partial charge in [0.1, 0.15) is 17.6 Å². The number of rotatable bonds is 14. The molecule has 0 saturated carbocycles. The van der Waals surface area contributed by atoms with Gasteiger partial charge in [-0.1, -0.05) is 55.7 Å². The topological polar surface area (TPSA) is 96.4 Å². The number of esters is 1. The maximum absolute atomic E-state index is 14.7. The van der Waals surface area contributed by atoms with E-state index in [1.54, 1.807) is 28.0 Å². The van der Waals surface area contributed by atoms with Gasteiger partial charge in [0.15, 0.2) is 0 Å². The number of ether oxygens (including phenoxy) is 2. The highest BCUT2D eigenvalue weighted by atomic mass is 35.5. The zero-order valence-electron chi connectivity index (χ0n) is 24.4. The minimum atomic E-state index is -1.18.